The molecule has 0 spiro atoms. The summed E-state index contributed by atoms with van der Waals surface area (Å²) < 4.78 is 5.35. The Morgan fingerprint density at radius 2 is 2.11 bits per heavy atom. The molecular weight excluding hydrogens is 244 g/mol. The minimum absolute atomic E-state index is 0.455. The number of ether oxygens (including phenoxy) is 1. The Morgan fingerprint density at radius 3 is 2.72 bits per heavy atom. The zero-order chi connectivity index (χ0) is 13.0. The molecule has 1 aromatic rings. The van der Waals surface area contributed by atoms with E-state index in [0.717, 1.165) is 39.4 Å². The van der Waals surface area contributed by atoms with Gasteiger partial charge in [0.05, 0.1) is 13.2 Å². The highest BCUT2D eigenvalue weighted by Crippen LogP contribution is 2.25. The number of aryl methyl sites for hydroxylation is 2. The van der Waals surface area contributed by atoms with Gasteiger partial charge in [-0.1, -0.05) is 0 Å². The van der Waals surface area contributed by atoms with Crippen molar-refractivity contribution < 1.29 is 4.74 Å². The van der Waals surface area contributed by atoms with E-state index in [1.807, 2.05) is 11.3 Å². The third-order valence-electron chi connectivity index (χ3n) is 3.53. The van der Waals surface area contributed by atoms with Crippen LogP contribution in [0.3, 0.4) is 0 Å². The molecule has 1 saturated heterocycles. The lowest BCUT2D eigenvalue weighted by atomic mass is 10.1. The van der Waals surface area contributed by atoms with Crippen LogP contribution in [0.25, 0.3) is 0 Å². The molecule has 0 amide bonds. The monoisotopic (exact) mass is 268 g/mol. The molecule has 4 heteroatoms. The van der Waals surface area contributed by atoms with Crippen LogP contribution in [0.1, 0.15) is 28.3 Å². The second-order valence-corrected chi connectivity index (χ2v) is 6.46. The quantitative estimate of drug-likeness (QED) is 0.887. The Labute approximate surface area is 114 Å². The fourth-order valence-electron chi connectivity index (χ4n) is 2.45. The highest BCUT2D eigenvalue weighted by atomic mass is 32.1. The molecule has 0 bridgehead atoms. The van der Waals surface area contributed by atoms with Crippen LogP contribution in [0.4, 0.5) is 0 Å². The minimum Gasteiger partial charge on any atom is -0.379 e. The molecule has 1 aliphatic heterocycles. The summed E-state index contributed by atoms with van der Waals surface area (Å²) >= 11 is 1.89. The zero-order valence-electron chi connectivity index (χ0n) is 11.7. The lowest BCUT2D eigenvalue weighted by Crippen LogP contribution is -2.40. The van der Waals surface area contributed by atoms with Crippen LogP contribution < -0.4 is 5.32 Å². The maximum Gasteiger partial charge on any atom is 0.0594 e. The van der Waals surface area contributed by atoms with Crippen LogP contribution in [0.15, 0.2) is 6.07 Å². The summed E-state index contributed by atoms with van der Waals surface area (Å²) in [4.78, 5) is 5.32. The summed E-state index contributed by atoms with van der Waals surface area (Å²) in [5.41, 5.74) is 1.46. The molecule has 1 aliphatic rings. The molecule has 2 rings (SSSR count). The van der Waals surface area contributed by atoms with Crippen LogP contribution in [0.2, 0.25) is 0 Å². The first-order chi connectivity index (χ1) is 8.66. The van der Waals surface area contributed by atoms with Gasteiger partial charge in [-0.25, -0.2) is 0 Å². The molecule has 1 N–H and O–H groups in total. The van der Waals surface area contributed by atoms with E-state index in [-0.39, 0.29) is 0 Å². The van der Waals surface area contributed by atoms with E-state index in [1.165, 1.54) is 15.3 Å². The maximum absolute atomic E-state index is 5.35. The fraction of sp³-hybridized carbons (Fsp3) is 0.714. The molecule has 1 atom stereocenters. The predicted molar refractivity (Wildman–Crippen MR) is 77.5 cm³/mol. The van der Waals surface area contributed by atoms with Crippen molar-refractivity contribution in [2.24, 2.45) is 0 Å². The van der Waals surface area contributed by atoms with Crippen molar-refractivity contribution in [3.8, 4) is 0 Å². The van der Waals surface area contributed by atoms with Gasteiger partial charge in [-0.15, -0.1) is 11.3 Å². The van der Waals surface area contributed by atoms with E-state index in [4.69, 9.17) is 4.74 Å². The number of hydrogen-bond acceptors (Lipinski definition) is 4. The second kappa shape index (κ2) is 6.66. The van der Waals surface area contributed by atoms with Gasteiger partial charge in [-0.05, 0) is 32.4 Å². The van der Waals surface area contributed by atoms with E-state index < -0.39 is 0 Å². The SMILES string of the molecule is Cc1cc(C(C)NCCN2CCOCC2)c(C)s1. The summed E-state index contributed by atoms with van der Waals surface area (Å²) in [5.74, 6) is 0. The largest absolute Gasteiger partial charge is 0.379 e. The van der Waals surface area contributed by atoms with Crippen LogP contribution in [-0.4, -0.2) is 44.3 Å². The topological polar surface area (TPSA) is 24.5 Å². The van der Waals surface area contributed by atoms with Gasteiger partial charge in [0.15, 0.2) is 0 Å². The Bertz CT molecular complexity index is 372. The highest BCUT2D eigenvalue weighted by molar-refractivity contribution is 7.12. The average molecular weight is 268 g/mol. The van der Waals surface area contributed by atoms with E-state index in [0.29, 0.717) is 6.04 Å². The van der Waals surface area contributed by atoms with Gasteiger partial charge in [0.2, 0.25) is 0 Å². The van der Waals surface area contributed by atoms with Gasteiger partial charge < -0.3 is 10.1 Å². The molecule has 0 aliphatic carbocycles. The van der Waals surface area contributed by atoms with Gasteiger partial charge in [-0.3, -0.25) is 4.90 Å². The number of nitrogens with one attached hydrogen (secondary N) is 1. The van der Waals surface area contributed by atoms with Crippen molar-refractivity contribution in [2.45, 2.75) is 26.8 Å². The van der Waals surface area contributed by atoms with Crippen molar-refractivity contribution in [1.82, 2.24) is 10.2 Å². The summed E-state index contributed by atoms with van der Waals surface area (Å²) in [7, 11) is 0. The number of hydrogen-bond donors (Lipinski definition) is 1. The first kappa shape index (κ1) is 14.0. The van der Waals surface area contributed by atoms with Gasteiger partial charge >= 0.3 is 0 Å². The standard InChI is InChI=1S/C14H24N2OS/c1-11-10-14(13(3)18-11)12(2)15-4-5-16-6-8-17-9-7-16/h10,12,15H,4-9H2,1-3H3. The van der Waals surface area contributed by atoms with E-state index >= 15 is 0 Å². The van der Waals surface area contributed by atoms with E-state index in [2.05, 4.69) is 37.1 Å². The molecule has 1 fully saturated rings. The number of rotatable bonds is 5. The van der Waals surface area contributed by atoms with Crippen molar-refractivity contribution in [3.05, 3.63) is 21.4 Å². The Hall–Kier alpha value is -0.420. The summed E-state index contributed by atoms with van der Waals surface area (Å²) in [5, 5.41) is 3.62. The van der Waals surface area contributed by atoms with Crippen LogP contribution >= 0.6 is 11.3 Å². The smallest absolute Gasteiger partial charge is 0.0594 e. The lowest BCUT2D eigenvalue weighted by Gasteiger charge is -2.27. The molecule has 102 valence electrons. The Morgan fingerprint density at radius 1 is 1.39 bits per heavy atom. The number of nitrogens with zero attached hydrogens (tertiary/aromatic N) is 1. The minimum atomic E-state index is 0.455. The van der Waals surface area contributed by atoms with Crippen LogP contribution in [0, 0.1) is 13.8 Å². The second-order valence-electron chi connectivity index (χ2n) is 5.00. The average Bonchev–Trinajstić information content (AvgIpc) is 2.70. The molecule has 1 unspecified atom stereocenters. The molecule has 2 heterocycles. The Kier molecular flexibility index (Phi) is 5.18. The maximum atomic E-state index is 5.35. The Balaban J connectivity index is 1.74. The molecule has 0 saturated carbocycles. The number of thiophene rings is 1. The number of morpholine rings is 1. The predicted octanol–water partition coefficient (Wildman–Crippen LogP) is 2.35. The first-order valence-corrected chi connectivity index (χ1v) is 7.59. The highest BCUT2D eigenvalue weighted by Gasteiger charge is 2.12. The van der Waals surface area contributed by atoms with Gasteiger partial charge in [0, 0.05) is 42.0 Å². The molecule has 0 aromatic carbocycles. The summed E-state index contributed by atoms with van der Waals surface area (Å²) in [6.45, 7) is 12.8. The van der Waals surface area contributed by atoms with Crippen molar-refractivity contribution in [3.63, 3.8) is 0 Å². The normalized spacial score (nSPS) is 19.1. The molecule has 3 nitrogen and oxygen atoms in total. The van der Waals surface area contributed by atoms with Crippen LogP contribution in [-0.2, 0) is 4.74 Å². The third-order valence-corrected chi connectivity index (χ3v) is 4.51. The van der Waals surface area contributed by atoms with E-state index in [9.17, 15) is 0 Å². The summed E-state index contributed by atoms with van der Waals surface area (Å²) in [6, 6.07) is 2.77. The van der Waals surface area contributed by atoms with E-state index in [1.54, 1.807) is 0 Å². The van der Waals surface area contributed by atoms with Gasteiger partial charge in [0.25, 0.3) is 0 Å². The van der Waals surface area contributed by atoms with Crippen molar-refractivity contribution in [1.29, 1.82) is 0 Å². The van der Waals surface area contributed by atoms with Gasteiger partial charge in [0.1, 0.15) is 0 Å². The summed E-state index contributed by atoms with van der Waals surface area (Å²) in [6.07, 6.45) is 0. The van der Waals surface area contributed by atoms with Crippen LogP contribution in [0.5, 0.6) is 0 Å². The first-order valence-electron chi connectivity index (χ1n) is 6.77. The molecule has 18 heavy (non-hydrogen) atoms. The van der Waals surface area contributed by atoms with Crippen molar-refractivity contribution in [2.75, 3.05) is 39.4 Å². The molecule has 1 aromatic heterocycles. The molecule has 0 radical (unpaired) electrons. The zero-order valence-corrected chi connectivity index (χ0v) is 12.5. The van der Waals surface area contributed by atoms with Crippen molar-refractivity contribution >= 4 is 11.3 Å². The fourth-order valence-corrected chi connectivity index (χ4v) is 3.48. The molecular formula is C14H24N2OS. The lowest BCUT2D eigenvalue weighted by molar-refractivity contribution is 0.0382. The third kappa shape index (κ3) is 3.79. The van der Waals surface area contributed by atoms with Gasteiger partial charge in [-0.2, -0.15) is 0 Å².